The first-order chi connectivity index (χ1) is 11.6. The van der Waals surface area contributed by atoms with Gasteiger partial charge in [0.05, 0.1) is 4.92 Å². The van der Waals surface area contributed by atoms with Crippen LogP contribution in [0.1, 0.15) is 25.3 Å². The molecule has 7 heteroatoms. The fourth-order valence-corrected chi connectivity index (χ4v) is 2.42. The third kappa shape index (κ3) is 4.65. The van der Waals surface area contributed by atoms with Crippen molar-refractivity contribution in [2.24, 2.45) is 0 Å². The van der Waals surface area contributed by atoms with Gasteiger partial charge in [-0.15, -0.1) is 0 Å². The molecule has 128 valence electrons. The molecule has 0 aliphatic carbocycles. The van der Waals surface area contributed by atoms with Crippen LogP contribution in [0.2, 0.25) is 0 Å². The average molecular weight is 329 g/mol. The maximum atomic E-state index is 11.5. The number of benzene rings is 1. The van der Waals surface area contributed by atoms with Crippen LogP contribution in [0.15, 0.2) is 36.7 Å². The third-order valence-corrected chi connectivity index (χ3v) is 3.74. The van der Waals surface area contributed by atoms with Gasteiger partial charge in [0.2, 0.25) is 11.6 Å². The van der Waals surface area contributed by atoms with Crippen LogP contribution < -0.4 is 10.2 Å². The van der Waals surface area contributed by atoms with E-state index in [0.29, 0.717) is 12.4 Å². The minimum absolute atomic E-state index is 0.0656. The van der Waals surface area contributed by atoms with E-state index in [-0.39, 0.29) is 11.5 Å². The van der Waals surface area contributed by atoms with Crippen molar-refractivity contribution in [2.75, 3.05) is 30.4 Å². The zero-order chi connectivity index (χ0) is 17.4. The molecule has 0 aliphatic heterocycles. The Kier molecular flexibility index (Phi) is 6.48. The molecule has 1 N–H and O–H groups in total. The predicted octanol–water partition coefficient (Wildman–Crippen LogP) is 3.28. The van der Waals surface area contributed by atoms with Crippen molar-refractivity contribution in [1.29, 1.82) is 0 Å². The molecule has 0 bridgehead atoms. The quantitative estimate of drug-likeness (QED) is 0.561. The summed E-state index contributed by atoms with van der Waals surface area (Å²) in [6.45, 7) is 3.37. The van der Waals surface area contributed by atoms with Gasteiger partial charge in [-0.1, -0.05) is 43.7 Å². The number of rotatable bonds is 9. The Morgan fingerprint density at radius 3 is 2.67 bits per heavy atom. The van der Waals surface area contributed by atoms with E-state index in [9.17, 15) is 10.1 Å². The van der Waals surface area contributed by atoms with Crippen molar-refractivity contribution < 1.29 is 4.92 Å². The minimum atomic E-state index is -0.414. The van der Waals surface area contributed by atoms with Crippen molar-refractivity contribution in [2.45, 2.75) is 26.2 Å². The molecule has 7 nitrogen and oxygen atoms in total. The van der Waals surface area contributed by atoms with E-state index in [0.717, 1.165) is 25.8 Å². The molecule has 0 unspecified atom stereocenters. The summed E-state index contributed by atoms with van der Waals surface area (Å²) in [6.07, 6.45) is 4.11. The lowest BCUT2D eigenvalue weighted by Gasteiger charge is -2.18. The lowest BCUT2D eigenvalue weighted by molar-refractivity contribution is -0.383. The van der Waals surface area contributed by atoms with Gasteiger partial charge in [-0.3, -0.25) is 10.1 Å². The molecule has 1 aromatic carbocycles. The van der Waals surface area contributed by atoms with E-state index >= 15 is 0 Å². The standard InChI is InChI=1S/C17H23N5O2/c1-3-4-12-21(2)17-15(22(23)24)16(19-13-20-17)18-11-10-14-8-6-5-7-9-14/h5-9,13H,3-4,10-12H2,1-2H3,(H,18,19,20). The van der Waals surface area contributed by atoms with Crippen molar-refractivity contribution in [3.63, 3.8) is 0 Å². The number of hydrogen-bond acceptors (Lipinski definition) is 6. The first-order valence-corrected chi connectivity index (χ1v) is 8.11. The summed E-state index contributed by atoms with van der Waals surface area (Å²) in [5, 5.41) is 14.6. The van der Waals surface area contributed by atoms with E-state index in [2.05, 4.69) is 22.2 Å². The van der Waals surface area contributed by atoms with Gasteiger partial charge in [-0.05, 0) is 18.4 Å². The second kappa shape index (κ2) is 8.81. The van der Waals surface area contributed by atoms with Gasteiger partial charge in [-0.2, -0.15) is 0 Å². The molecule has 1 aromatic heterocycles. The van der Waals surface area contributed by atoms with E-state index in [1.54, 1.807) is 0 Å². The Bertz CT molecular complexity index is 663. The van der Waals surface area contributed by atoms with Crippen LogP contribution in [0.25, 0.3) is 0 Å². The topological polar surface area (TPSA) is 84.2 Å². The highest BCUT2D eigenvalue weighted by Gasteiger charge is 2.25. The normalized spacial score (nSPS) is 10.4. The number of nitro groups is 1. The Labute approximate surface area is 141 Å². The summed E-state index contributed by atoms with van der Waals surface area (Å²) in [5.41, 5.74) is 1.10. The van der Waals surface area contributed by atoms with Crippen LogP contribution in [-0.2, 0) is 6.42 Å². The fourth-order valence-electron chi connectivity index (χ4n) is 2.42. The van der Waals surface area contributed by atoms with Gasteiger partial charge in [0, 0.05) is 20.1 Å². The zero-order valence-corrected chi connectivity index (χ0v) is 14.1. The first-order valence-electron chi connectivity index (χ1n) is 8.11. The largest absolute Gasteiger partial charge is 0.364 e. The summed E-state index contributed by atoms with van der Waals surface area (Å²) >= 11 is 0. The summed E-state index contributed by atoms with van der Waals surface area (Å²) in [7, 11) is 1.82. The number of unbranched alkanes of at least 4 members (excludes halogenated alkanes) is 1. The fraction of sp³-hybridized carbons (Fsp3) is 0.412. The molecule has 0 fully saturated rings. The van der Waals surface area contributed by atoms with E-state index in [1.165, 1.54) is 11.9 Å². The molecule has 1 heterocycles. The van der Waals surface area contributed by atoms with Gasteiger partial charge in [0.15, 0.2) is 0 Å². The Morgan fingerprint density at radius 1 is 1.25 bits per heavy atom. The lowest BCUT2D eigenvalue weighted by Crippen LogP contribution is -2.22. The van der Waals surface area contributed by atoms with E-state index < -0.39 is 4.92 Å². The van der Waals surface area contributed by atoms with Gasteiger partial charge < -0.3 is 10.2 Å². The van der Waals surface area contributed by atoms with Gasteiger partial charge in [0.25, 0.3) is 0 Å². The second-order valence-electron chi connectivity index (χ2n) is 5.59. The van der Waals surface area contributed by atoms with Crippen LogP contribution >= 0.6 is 0 Å². The monoisotopic (exact) mass is 329 g/mol. The molecular weight excluding hydrogens is 306 g/mol. The van der Waals surface area contributed by atoms with Gasteiger partial charge in [-0.25, -0.2) is 9.97 Å². The first kappa shape index (κ1) is 17.7. The third-order valence-electron chi connectivity index (χ3n) is 3.74. The number of aromatic nitrogens is 2. The van der Waals surface area contributed by atoms with Crippen LogP contribution in [0.5, 0.6) is 0 Å². The minimum Gasteiger partial charge on any atom is -0.364 e. The summed E-state index contributed by atoms with van der Waals surface area (Å²) in [4.78, 5) is 21.1. The highest BCUT2D eigenvalue weighted by molar-refractivity contribution is 5.70. The van der Waals surface area contributed by atoms with Gasteiger partial charge >= 0.3 is 5.69 Å². The van der Waals surface area contributed by atoms with Crippen LogP contribution in [-0.4, -0.2) is 35.0 Å². The lowest BCUT2D eigenvalue weighted by atomic mass is 10.1. The smallest absolute Gasteiger partial charge is 0.353 e. The summed E-state index contributed by atoms with van der Waals surface area (Å²) in [6, 6.07) is 9.97. The highest BCUT2D eigenvalue weighted by Crippen LogP contribution is 2.31. The predicted molar refractivity (Wildman–Crippen MR) is 95.5 cm³/mol. The molecule has 0 aliphatic rings. The average Bonchev–Trinajstić information content (AvgIpc) is 2.60. The molecule has 0 radical (unpaired) electrons. The number of anilines is 2. The van der Waals surface area contributed by atoms with Crippen LogP contribution in [0.3, 0.4) is 0 Å². The number of nitrogens with zero attached hydrogens (tertiary/aromatic N) is 4. The Morgan fingerprint density at radius 2 is 2.00 bits per heavy atom. The Balaban J connectivity index is 2.12. The molecule has 0 saturated carbocycles. The van der Waals surface area contributed by atoms with Crippen LogP contribution in [0.4, 0.5) is 17.3 Å². The molecule has 0 saturated heterocycles. The van der Waals surface area contributed by atoms with Crippen molar-refractivity contribution in [1.82, 2.24) is 9.97 Å². The SMILES string of the molecule is CCCCN(C)c1ncnc(NCCc2ccccc2)c1[N+](=O)[O-]. The molecule has 2 aromatic rings. The number of hydrogen-bond donors (Lipinski definition) is 1. The van der Waals surface area contributed by atoms with Crippen molar-refractivity contribution in [3.8, 4) is 0 Å². The van der Waals surface area contributed by atoms with Crippen molar-refractivity contribution in [3.05, 3.63) is 52.3 Å². The summed E-state index contributed by atoms with van der Waals surface area (Å²) in [5.74, 6) is 0.620. The highest BCUT2D eigenvalue weighted by atomic mass is 16.6. The second-order valence-corrected chi connectivity index (χ2v) is 5.59. The van der Waals surface area contributed by atoms with Crippen molar-refractivity contribution >= 4 is 17.3 Å². The number of nitrogens with one attached hydrogen (secondary N) is 1. The molecule has 0 amide bonds. The molecule has 2 rings (SSSR count). The Hall–Kier alpha value is -2.70. The van der Waals surface area contributed by atoms with Crippen LogP contribution in [0, 0.1) is 10.1 Å². The summed E-state index contributed by atoms with van der Waals surface area (Å²) < 4.78 is 0. The maximum absolute atomic E-state index is 11.5. The van der Waals surface area contributed by atoms with E-state index in [1.807, 2.05) is 42.3 Å². The molecule has 0 atom stereocenters. The molecule has 0 spiro atoms. The maximum Gasteiger partial charge on any atom is 0.353 e. The van der Waals surface area contributed by atoms with Gasteiger partial charge in [0.1, 0.15) is 6.33 Å². The molecule has 24 heavy (non-hydrogen) atoms. The van der Waals surface area contributed by atoms with E-state index in [4.69, 9.17) is 0 Å². The zero-order valence-electron chi connectivity index (χ0n) is 14.1. The molecular formula is C17H23N5O2.